The lowest BCUT2D eigenvalue weighted by molar-refractivity contribution is -0.174. The van der Waals surface area contributed by atoms with Crippen LogP contribution in [0.15, 0.2) is 0 Å². The van der Waals surface area contributed by atoms with E-state index >= 15 is 0 Å². The van der Waals surface area contributed by atoms with Gasteiger partial charge in [0.2, 0.25) is 0 Å². The van der Waals surface area contributed by atoms with Gasteiger partial charge in [0.25, 0.3) is 0 Å². The van der Waals surface area contributed by atoms with E-state index in [1.165, 1.54) is 109 Å². The van der Waals surface area contributed by atoms with Crippen LogP contribution >= 0.6 is 0 Å². The maximum Gasteiger partial charge on any atom is 0.161 e. The van der Waals surface area contributed by atoms with Gasteiger partial charge >= 0.3 is 0 Å². The van der Waals surface area contributed by atoms with Crippen LogP contribution in [0.2, 0.25) is 0 Å². The summed E-state index contributed by atoms with van der Waals surface area (Å²) in [5.74, 6) is 6.20. The topological polar surface area (TPSA) is 36.9 Å². The fourth-order valence-corrected chi connectivity index (χ4v) is 11.0. The van der Waals surface area contributed by atoms with Gasteiger partial charge in [0.05, 0.1) is 24.4 Å². The molecule has 4 nitrogen and oxygen atoms in total. The highest BCUT2D eigenvalue weighted by Gasteiger charge is 2.56. The first kappa shape index (κ1) is 22.8. The van der Waals surface area contributed by atoms with Crippen LogP contribution in [0, 0.1) is 47.3 Å². The fourth-order valence-electron chi connectivity index (χ4n) is 11.0. The number of hydrogen-bond acceptors (Lipinski definition) is 4. The van der Waals surface area contributed by atoms with Gasteiger partial charge in [0, 0.05) is 11.8 Å². The number of ether oxygens (including phenoxy) is 4. The molecule has 35 heavy (non-hydrogen) atoms. The van der Waals surface area contributed by atoms with E-state index < -0.39 is 0 Å². The molecular weight excluding hydrogens is 436 g/mol. The van der Waals surface area contributed by atoms with E-state index in [-0.39, 0.29) is 12.6 Å². The van der Waals surface area contributed by atoms with Crippen molar-refractivity contribution in [2.75, 3.05) is 0 Å². The third-order valence-electron chi connectivity index (χ3n) is 12.3. The van der Waals surface area contributed by atoms with Gasteiger partial charge in [-0.3, -0.25) is 0 Å². The Kier molecular flexibility index (Phi) is 6.02. The summed E-state index contributed by atoms with van der Waals surface area (Å²) < 4.78 is 27.3. The summed E-state index contributed by atoms with van der Waals surface area (Å²) in [6.07, 6.45) is 24.7. The molecule has 6 saturated carbocycles. The summed E-state index contributed by atoms with van der Waals surface area (Å²) in [4.78, 5) is 0. The van der Waals surface area contributed by atoms with E-state index in [2.05, 4.69) is 0 Å². The molecule has 8 aliphatic rings. The Bertz CT molecular complexity index is 747. The summed E-state index contributed by atoms with van der Waals surface area (Å²) in [6.45, 7) is 0. The molecule has 8 fully saturated rings. The third-order valence-corrected chi connectivity index (χ3v) is 12.3. The smallest absolute Gasteiger partial charge is 0.161 e. The van der Waals surface area contributed by atoms with Crippen molar-refractivity contribution in [3.8, 4) is 0 Å². The molecule has 6 aliphatic carbocycles. The van der Waals surface area contributed by atoms with Crippen molar-refractivity contribution in [2.24, 2.45) is 47.3 Å². The van der Waals surface area contributed by atoms with Gasteiger partial charge in [0.1, 0.15) is 0 Å². The summed E-state index contributed by atoms with van der Waals surface area (Å²) in [6, 6.07) is 0. The first-order valence-electron chi connectivity index (χ1n) is 15.9. The van der Waals surface area contributed by atoms with Crippen LogP contribution in [0.3, 0.4) is 0 Å². The van der Waals surface area contributed by atoms with Crippen LogP contribution in [-0.2, 0) is 18.9 Å². The van der Waals surface area contributed by atoms with Crippen LogP contribution in [0.4, 0.5) is 0 Å². The zero-order chi connectivity index (χ0) is 22.9. The van der Waals surface area contributed by atoms with Gasteiger partial charge < -0.3 is 18.9 Å². The molecule has 0 N–H and O–H groups in total. The minimum atomic E-state index is 0.0508. The lowest BCUT2D eigenvalue weighted by Gasteiger charge is -2.52. The fraction of sp³-hybridized carbons (Fsp3) is 1.00. The standard InChI is InChI=1S/C31H48O4/c1-5-18-13-19(6-1)16-22(15-18)30-34-27-12-3-9-23(29(27)35-30)28-21-8-2-7-20(14-21)17-24(28)31-32-25-10-4-11-26(25)33-31/h18-31H,1-17H2. The van der Waals surface area contributed by atoms with Crippen LogP contribution in [0.25, 0.3) is 0 Å². The normalized spacial score (nSPS) is 57.6. The first-order valence-corrected chi connectivity index (χ1v) is 15.9. The van der Waals surface area contributed by atoms with Crippen molar-refractivity contribution in [3.05, 3.63) is 0 Å². The SMILES string of the molecule is C1CC2CC(C1)CC(C1OC3CCCC(C4C5CCCC(C5)CC4C4OC5CCCC5O4)C3O1)C2. The molecule has 0 spiro atoms. The lowest BCUT2D eigenvalue weighted by Crippen LogP contribution is -2.50. The van der Waals surface area contributed by atoms with Crippen LogP contribution in [0.1, 0.15) is 109 Å². The summed E-state index contributed by atoms with van der Waals surface area (Å²) in [7, 11) is 0. The highest BCUT2D eigenvalue weighted by molar-refractivity contribution is 5.02. The first-order chi connectivity index (χ1) is 17.3. The average molecular weight is 485 g/mol. The Balaban J connectivity index is 1.03. The molecule has 12 atom stereocenters. The molecule has 4 heteroatoms. The Morgan fingerprint density at radius 2 is 1.00 bits per heavy atom. The molecule has 0 aromatic rings. The van der Waals surface area contributed by atoms with Crippen molar-refractivity contribution in [1.82, 2.24) is 0 Å². The maximum atomic E-state index is 7.06. The molecule has 4 bridgehead atoms. The second kappa shape index (κ2) is 9.24. The van der Waals surface area contributed by atoms with Gasteiger partial charge in [-0.25, -0.2) is 0 Å². The minimum Gasteiger partial charge on any atom is -0.346 e. The molecule has 8 rings (SSSR count). The zero-order valence-corrected chi connectivity index (χ0v) is 21.7. The lowest BCUT2D eigenvalue weighted by atomic mass is 9.56. The maximum absolute atomic E-state index is 7.06. The zero-order valence-electron chi connectivity index (χ0n) is 21.7. The van der Waals surface area contributed by atoms with Gasteiger partial charge in [-0.15, -0.1) is 0 Å². The number of hydrogen-bond donors (Lipinski definition) is 0. The van der Waals surface area contributed by atoms with Gasteiger partial charge in [0.15, 0.2) is 12.6 Å². The van der Waals surface area contributed by atoms with E-state index in [1.54, 1.807) is 0 Å². The Labute approximate surface area is 212 Å². The van der Waals surface area contributed by atoms with E-state index in [0.717, 1.165) is 23.7 Å². The molecule has 2 aliphatic heterocycles. The number of rotatable bonds is 3. The van der Waals surface area contributed by atoms with Crippen LogP contribution in [0.5, 0.6) is 0 Å². The molecule has 196 valence electrons. The molecule has 0 radical (unpaired) electrons. The van der Waals surface area contributed by atoms with Crippen molar-refractivity contribution in [2.45, 2.75) is 146 Å². The molecule has 2 saturated heterocycles. The highest BCUT2D eigenvalue weighted by atomic mass is 16.7. The minimum absolute atomic E-state index is 0.0508. The highest BCUT2D eigenvalue weighted by Crippen LogP contribution is 2.56. The largest absolute Gasteiger partial charge is 0.346 e. The second-order valence-corrected chi connectivity index (χ2v) is 14.3. The summed E-state index contributed by atoms with van der Waals surface area (Å²) >= 11 is 0. The van der Waals surface area contributed by atoms with E-state index in [9.17, 15) is 0 Å². The number of fused-ring (bicyclic) bond motifs is 6. The molecule has 2 heterocycles. The average Bonchev–Trinajstić information content (AvgIpc) is 3.59. The Morgan fingerprint density at radius 3 is 1.80 bits per heavy atom. The molecule has 12 unspecified atom stereocenters. The molecule has 0 amide bonds. The van der Waals surface area contributed by atoms with Gasteiger partial charge in [-0.05, 0) is 99.7 Å². The van der Waals surface area contributed by atoms with Crippen molar-refractivity contribution in [3.63, 3.8) is 0 Å². The summed E-state index contributed by atoms with van der Waals surface area (Å²) in [5, 5.41) is 0. The van der Waals surface area contributed by atoms with Crippen LogP contribution in [-0.4, -0.2) is 37.0 Å². The van der Waals surface area contributed by atoms with E-state index in [4.69, 9.17) is 18.9 Å². The molecular formula is C31H48O4. The van der Waals surface area contributed by atoms with E-state index in [0.29, 0.717) is 48.1 Å². The quantitative estimate of drug-likeness (QED) is 0.439. The van der Waals surface area contributed by atoms with Gasteiger partial charge in [-0.1, -0.05) is 44.9 Å². The van der Waals surface area contributed by atoms with E-state index in [1.807, 2.05) is 0 Å². The molecule has 0 aromatic heterocycles. The monoisotopic (exact) mass is 484 g/mol. The predicted molar refractivity (Wildman–Crippen MR) is 133 cm³/mol. The van der Waals surface area contributed by atoms with Crippen LogP contribution < -0.4 is 0 Å². The van der Waals surface area contributed by atoms with Crippen molar-refractivity contribution >= 4 is 0 Å². The van der Waals surface area contributed by atoms with Crippen molar-refractivity contribution < 1.29 is 18.9 Å². The Hall–Kier alpha value is -0.160. The molecule has 0 aromatic carbocycles. The second-order valence-electron chi connectivity index (χ2n) is 14.3. The van der Waals surface area contributed by atoms with Crippen molar-refractivity contribution in [1.29, 1.82) is 0 Å². The summed E-state index contributed by atoms with van der Waals surface area (Å²) in [5.41, 5.74) is 0. The van der Waals surface area contributed by atoms with Gasteiger partial charge in [-0.2, -0.15) is 0 Å². The Morgan fingerprint density at radius 1 is 0.400 bits per heavy atom. The predicted octanol–water partition coefficient (Wildman–Crippen LogP) is 6.85. The third kappa shape index (κ3) is 4.07.